The first-order chi connectivity index (χ1) is 6.37. The molecule has 0 aromatic rings. The van der Waals surface area contributed by atoms with Crippen molar-refractivity contribution in [2.75, 3.05) is 13.2 Å². The molecule has 14 heavy (non-hydrogen) atoms. The van der Waals surface area contributed by atoms with Crippen LogP contribution in [0.4, 0.5) is 8.78 Å². The summed E-state index contributed by atoms with van der Waals surface area (Å²) in [5.74, 6) is -3.45. The van der Waals surface area contributed by atoms with Gasteiger partial charge in [0.1, 0.15) is 0 Å². The van der Waals surface area contributed by atoms with Gasteiger partial charge in [0.05, 0.1) is 25.2 Å². The van der Waals surface area contributed by atoms with Gasteiger partial charge in [-0.2, -0.15) is 0 Å². The number of likely N-dealkylation sites (tertiary alicyclic amines) is 1. The number of nitrogens with two attached hydrogens (primary N) is 1. The first kappa shape index (κ1) is 11.3. The SMILES string of the molecule is C[C@H](N)C(=O)N1CC(F)(F)C[C@@H]1CO. The number of carbonyl (C=O) groups is 1. The molecule has 4 nitrogen and oxygen atoms in total. The van der Waals surface area contributed by atoms with E-state index in [2.05, 4.69) is 0 Å². The van der Waals surface area contributed by atoms with E-state index in [0.29, 0.717) is 0 Å². The van der Waals surface area contributed by atoms with Crippen LogP contribution in [0.25, 0.3) is 0 Å². The van der Waals surface area contributed by atoms with Crippen molar-refractivity contribution in [1.29, 1.82) is 0 Å². The fourth-order valence-electron chi connectivity index (χ4n) is 1.58. The third-order valence-corrected chi connectivity index (χ3v) is 2.26. The summed E-state index contributed by atoms with van der Waals surface area (Å²) < 4.78 is 25.8. The summed E-state index contributed by atoms with van der Waals surface area (Å²) in [6.07, 6.45) is -0.484. The lowest BCUT2D eigenvalue weighted by Crippen LogP contribution is -2.46. The van der Waals surface area contributed by atoms with E-state index in [0.717, 1.165) is 4.90 Å². The topological polar surface area (TPSA) is 66.6 Å². The smallest absolute Gasteiger partial charge is 0.267 e. The number of nitrogens with zero attached hydrogens (tertiary/aromatic N) is 1. The molecule has 3 N–H and O–H groups in total. The Kier molecular flexibility index (Phi) is 3.06. The Hall–Kier alpha value is -0.750. The quantitative estimate of drug-likeness (QED) is 0.646. The Morgan fingerprint density at radius 3 is 2.79 bits per heavy atom. The monoisotopic (exact) mass is 208 g/mol. The first-order valence-corrected chi connectivity index (χ1v) is 4.42. The van der Waals surface area contributed by atoms with Crippen LogP contribution in [0.3, 0.4) is 0 Å². The second kappa shape index (κ2) is 3.78. The molecule has 1 aliphatic heterocycles. The fourth-order valence-corrected chi connectivity index (χ4v) is 1.58. The molecule has 1 heterocycles. The van der Waals surface area contributed by atoms with Gasteiger partial charge >= 0.3 is 0 Å². The summed E-state index contributed by atoms with van der Waals surface area (Å²) in [5, 5.41) is 8.83. The molecule has 82 valence electrons. The summed E-state index contributed by atoms with van der Waals surface area (Å²) in [6.45, 7) is 0.347. The van der Waals surface area contributed by atoms with Gasteiger partial charge in [-0.3, -0.25) is 4.79 Å². The van der Waals surface area contributed by atoms with Gasteiger partial charge in [-0.1, -0.05) is 0 Å². The van der Waals surface area contributed by atoms with E-state index < -0.39 is 43.5 Å². The highest BCUT2D eigenvalue weighted by molar-refractivity contribution is 5.81. The molecule has 1 aliphatic rings. The van der Waals surface area contributed by atoms with E-state index in [9.17, 15) is 13.6 Å². The van der Waals surface area contributed by atoms with Gasteiger partial charge < -0.3 is 15.7 Å². The van der Waals surface area contributed by atoms with Crippen molar-refractivity contribution in [2.45, 2.75) is 31.4 Å². The Morgan fingerprint density at radius 2 is 2.36 bits per heavy atom. The second-order valence-electron chi connectivity index (χ2n) is 3.65. The van der Waals surface area contributed by atoms with Gasteiger partial charge in [-0.15, -0.1) is 0 Å². The molecule has 0 aliphatic carbocycles. The number of halogens is 2. The summed E-state index contributed by atoms with van der Waals surface area (Å²) >= 11 is 0. The van der Waals surface area contributed by atoms with Crippen LogP contribution in [0.1, 0.15) is 13.3 Å². The number of carbonyl (C=O) groups excluding carboxylic acids is 1. The molecule has 0 aromatic carbocycles. The number of aliphatic hydroxyl groups excluding tert-OH is 1. The van der Waals surface area contributed by atoms with E-state index in [1.54, 1.807) is 0 Å². The summed E-state index contributed by atoms with van der Waals surface area (Å²) in [6, 6.07) is -1.61. The van der Waals surface area contributed by atoms with Crippen molar-refractivity contribution in [2.24, 2.45) is 5.73 Å². The third-order valence-electron chi connectivity index (χ3n) is 2.26. The van der Waals surface area contributed by atoms with E-state index in [-0.39, 0.29) is 0 Å². The van der Waals surface area contributed by atoms with Crippen molar-refractivity contribution in [3.63, 3.8) is 0 Å². The number of rotatable bonds is 2. The molecule has 1 saturated heterocycles. The Morgan fingerprint density at radius 1 is 1.79 bits per heavy atom. The molecule has 2 atom stereocenters. The van der Waals surface area contributed by atoms with Crippen molar-refractivity contribution in [3.05, 3.63) is 0 Å². The lowest BCUT2D eigenvalue weighted by atomic mass is 10.2. The molecule has 1 rings (SSSR count). The maximum absolute atomic E-state index is 12.9. The Bertz CT molecular complexity index is 233. The number of hydrogen-bond acceptors (Lipinski definition) is 3. The van der Waals surface area contributed by atoms with Crippen molar-refractivity contribution in [1.82, 2.24) is 4.90 Å². The van der Waals surface area contributed by atoms with Crippen LogP contribution in [0.5, 0.6) is 0 Å². The van der Waals surface area contributed by atoms with E-state index in [1.807, 2.05) is 0 Å². The molecule has 0 bridgehead atoms. The molecule has 0 saturated carbocycles. The zero-order valence-corrected chi connectivity index (χ0v) is 7.91. The van der Waals surface area contributed by atoms with Crippen LogP contribution in [-0.4, -0.2) is 47.1 Å². The highest BCUT2D eigenvalue weighted by Gasteiger charge is 2.46. The average Bonchev–Trinajstić information content (AvgIpc) is 2.39. The normalized spacial score (nSPS) is 27.8. The molecule has 0 aromatic heterocycles. The van der Waals surface area contributed by atoms with E-state index >= 15 is 0 Å². The molecular weight excluding hydrogens is 194 g/mol. The molecule has 0 spiro atoms. The zero-order chi connectivity index (χ0) is 10.9. The molecule has 1 fully saturated rings. The van der Waals surface area contributed by atoms with Crippen LogP contribution >= 0.6 is 0 Å². The predicted molar refractivity (Wildman–Crippen MR) is 45.8 cm³/mol. The average molecular weight is 208 g/mol. The predicted octanol–water partition coefficient (Wildman–Crippen LogP) is -0.438. The fraction of sp³-hybridized carbons (Fsp3) is 0.875. The number of amides is 1. The molecular formula is C8H14F2N2O2. The summed E-state index contributed by atoms with van der Waals surface area (Å²) in [7, 11) is 0. The van der Waals surface area contributed by atoms with Gasteiger partial charge in [-0.05, 0) is 6.92 Å². The Balaban J connectivity index is 2.73. The molecule has 1 amide bonds. The number of hydrogen-bond donors (Lipinski definition) is 2. The highest BCUT2D eigenvalue weighted by atomic mass is 19.3. The largest absolute Gasteiger partial charge is 0.394 e. The molecule has 0 radical (unpaired) electrons. The van der Waals surface area contributed by atoms with Crippen molar-refractivity contribution in [3.8, 4) is 0 Å². The van der Waals surface area contributed by atoms with Gasteiger partial charge in [0.2, 0.25) is 5.91 Å². The molecule has 0 unspecified atom stereocenters. The lowest BCUT2D eigenvalue weighted by Gasteiger charge is -2.23. The van der Waals surface area contributed by atoms with Crippen LogP contribution in [-0.2, 0) is 4.79 Å². The van der Waals surface area contributed by atoms with Gasteiger partial charge in [0.15, 0.2) is 0 Å². The minimum Gasteiger partial charge on any atom is -0.394 e. The summed E-state index contributed by atoms with van der Waals surface area (Å²) in [5.41, 5.74) is 5.30. The van der Waals surface area contributed by atoms with Crippen LogP contribution in [0, 0.1) is 0 Å². The van der Waals surface area contributed by atoms with Gasteiger partial charge in [0.25, 0.3) is 5.92 Å². The lowest BCUT2D eigenvalue weighted by molar-refractivity contribution is -0.134. The second-order valence-corrected chi connectivity index (χ2v) is 3.65. The zero-order valence-electron chi connectivity index (χ0n) is 7.91. The minimum atomic E-state index is -2.90. The van der Waals surface area contributed by atoms with Crippen LogP contribution in [0.2, 0.25) is 0 Å². The van der Waals surface area contributed by atoms with Crippen LogP contribution < -0.4 is 5.73 Å². The summed E-state index contributed by atoms with van der Waals surface area (Å²) in [4.78, 5) is 12.3. The van der Waals surface area contributed by atoms with Gasteiger partial charge in [-0.25, -0.2) is 8.78 Å². The Labute approximate surface area is 80.7 Å². The van der Waals surface area contributed by atoms with E-state index in [4.69, 9.17) is 10.8 Å². The minimum absolute atomic E-state index is 0.450. The van der Waals surface area contributed by atoms with Crippen LogP contribution in [0.15, 0.2) is 0 Å². The number of aliphatic hydroxyl groups is 1. The standard InChI is InChI=1S/C8H14F2N2O2/c1-5(11)7(14)12-4-8(9,10)2-6(12)3-13/h5-6,13H,2-4,11H2,1H3/t5-,6+/m0/s1. The maximum atomic E-state index is 12.9. The van der Waals surface area contributed by atoms with Crippen molar-refractivity contribution >= 4 is 5.91 Å². The highest BCUT2D eigenvalue weighted by Crippen LogP contribution is 2.31. The van der Waals surface area contributed by atoms with Gasteiger partial charge in [0, 0.05) is 6.42 Å². The maximum Gasteiger partial charge on any atom is 0.267 e. The van der Waals surface area contributed by atoms with Crippen molar-refractivity contribution < 1.29 is 18.7 Å². The van der Waals surface area contributed by atoms with E-state index in [1.165, 1.54) is 6.92 Å². The third kappa shape index (κ3) is 2.19. The first-order valence-electron chi connectivity index (χ1n) is 4.42. The number of alkyl halides is 2. The molecule has 6 heteroatoms.